The van der Waals surface area contributed by atoms with Crippen LogP contribution < -0.4 is 0 Å². The molecule has 0 fully saturated rings. The summed E-state index contributed by atoms with van der Waals surface area (Å²) in [6.45, 7) is 0.429. The van der Waals surface area contributed by atoms with E-state index >= 15 is 0 Å². The van der Waals surface area contributed by atoms with Crippen LogP contribution in [0.3, 0.4) is 0 Å². The van der Waals surface area contributed by atoms with E-state index in [2.05, 4.69) is 51.4 Å². The summed E-state index contributed by atoms with van der Waals surface area (Å²) in [6, 6.07) is 20.5. The lowest BCUT2D eigenvalue weighted by Crippen LogP contribution is -2.03. The number of ether oxygens (including phenoxy) is 1. The minimum atomic E-state index is 0.429. The summed E-state index contributed by atoms with van der Waals surface area (Å²) in [5, 5.41) is 4.65. The highest BCUT2D eigenvalue weighted by molar-refractivity contribution is 9.10. The molecular weight excluding hydrogens is 328 g/mol. The van der Waals surface area contributed by atoms with Crippen molar-refractivity contribution in [3.05, 3.63) is 65.1 Å². The predicted octanol–water partition coefficient (Wildman–Crippen LogP) is 4.58. The third-order valence-corrected chi connectivity index (χ3v) is 3.77. The van der Waals surface area contributed by atoms with Crippen molar-refractivity contribution >= 4 is 15.9 Å². The molecule has 0 atom stereocenters. The zero-order valence-electron chi connectivity index (χ0n) is 11.7. The van der Waals surface area contributed by atoms with Gasteiger partial charge in [-0.3, -0.25) is 0 Å². The molecule has 0 radical (unpaired) electrons. The van der Waals surface area contributed by atoms with Crippen LogP contribution in [0.25, 0.3) is 22.5 Å². The van der Waals surface area contributed by atoms with E-state index < -0.39 is 0 Å². The molecule has 0 aliphatic carbocycles. The van der Waals surface area contributed by atoms with Crippen LogP contribution in [0.1, 0.15) is 0 Å². The molecule has 0 unspecified atom stereocenters. The maximum Gasteiger partial charge on any atom is 0.139 e. The lowest BCUT2D eigenvalue weighted by Gasteiger charge is -2.06. The van der Waals surface area contributed by atoms with Gasteiger partial charge in [0, 0.05) is 17.1 Å². The van der Waals surface area contributed by atoms with Crippen LogP contribution in [-0.2, 0) is 11.5 Å². The van der Waals surface area contributed by atoms with E-state index in [1.807, 2.05) is 35.0 Å². The molecule has 4 heteroatoms. The van der Waals surface area contributed by atoms with Gasteiger partial charge in [0.2, 0.25) is 0 Å². The summed E-state index contributed by atoms with van der Waals surface area (Å²) >= 11 is 3.46. The maximum absolute atomic E-state index is 5.25. The van der Waals surface area contributed by atoms with Crippen LogP contribution in [0.4, 0.5) is 0 Å². The molecule has 1 aromatic heterocycles. The van der Waals surface area contributed by atoms with Crippen molar-refractivity contribution in [1.29, 1.82) is 0 Å². The Bertz CT molecular complexity index is 720. The van der Waals surface area contributed by atoms with Gasteiger partial charge in [0.05, 0.1) is 11.4 Å². The minimum Gasteiger partial charge on any atom is -0.362 e. The maximum atomic E-state index is 5.25. The molecule has 3 rings (SSSR count). The quantitative estimate of drug-likeness (QED) is 0.693. The molecule has 3 nitrogen and oxygen atoms in total. The number of hydrogen-bond acceptors (Lipinski definition) is 2. The molecule has 2 aromatic carbocycles. The fraction of sp³-hybridized carbons (Fsp3) is 0.118. The average molecular weight is 343 g/mol. The second-order valence-corrected chi connectivity index (χ2v) is 5.62. The molecule has 0 aliphatic rings. The molecule has 0 saturated carbocycles. The van der Waals surface area contributed by atoms with Crippen molar-refractivity contribution in [2.75, 3.05) is 7.11 Å². The highest BCUT2D eigenvalue weighted by atomic mass is 79.9. The van der Waals surface area contributed by atoms with Crippen LogP contribution in [0.5, 0.6) is 0 Å². The first-order valence-electron chi connectivity index (χ1n) is 6.66. The van der Waals surface area contributed by atoms with E-state index in [4.69, 9.17) is 4.74 Å². The van der Waals surface area contributed by atoms with Crippen LogP contribution in [-0.4, -0.2) is 16.9 Å². The molecule has 21 heavy (non-hydrogen) atoms. The number of aromatic nitrogens is 2. The van der Waals surface area contributed by atoms with Gasteiger partial charge < -0.3 is 4.74 Å². The topological polar surface area (TPSA) is 27.1 Å². The van der Waals surface area contributed by atoms with E-state index in [0.29, 0.717) is 6.73 Å². The molecule has 0 bridgehead atoms. The van der Waals surface area contributed by atoms with Crippen molar-refractivity contribution < 1.29 is 4.74 Å². The molecule has 0 saturated heterocycles. The Morgan fingerprint density at radius 1 is 1.00 bits per heavy atom. The first kappa shape index (κ1) is 14.0. The van der Waals surface area contributed by atoms with Crippen LogP contribution >= 0.6 is 15.9 Å². The first-order chi connectivity index (χ1) is 10.3. The molecule has 0 N–H and O–H groups in total. The predicted molar refractivity (Wildman–Crippen MR) is 87.8 cm³/mol. The summed E-state index contributed by atoms with van der Waals surface area (Å²) in [6.07, 6.45) is 0. The first-order valence-corrected chi connectivity index (χ1v) is 7.45. The number of methoxy groups -OCH3 is 1. The second-order valence-electron chi connectivity index (χ2n) is 4.71. The summed E-state index contributed by atoms with van der Waals surface area (Å²) < 4.78 is 8.20. The zero-order valence-corrected chi connectivity index (χ0v) is 13.2. The summed E-state index contributed by atoms with van der Waals surface area (Å²) in [4.78, 5) is 0. The van der Waals surface area contributed by atoms with Crippen molar-refractivity contribution in [2.45, 2.75) is 6.73 Å². The van der Waals surface area contributed by atoms with E-state index in [-0.39, 0.29) is 0 Å². The smallest absolute Gasteiger partial charge is 0.139 e. The van der Waals surface area contributed by atoms with Gasteiger partial charge in [-0.2, -0.15) is 5.10 Å². The molecule has 1 heterocycles. The van der Waals surface area contributed by atoms with E-state index in [1.165, 1.54) is 0 Å². The molecule has 0 amide bonds. The Hall–Kier alpha value is -1.91. The van der Waals surface area contributed by atoms with Crippen LogP contribution in [0.2, 0.25) is 0 Å². The molecule has 106 valence electrons. The normalized spacial score (nSPS) is 10.8. The molecule has 3 aromatic rings. The number of rotatable bonds is 4. The lowest BCUT2D eigenvalue weighted by atomic mass is 10.1. The number of nitrogens with zero attached hydrogens (tertiary/aromatic N) is 2. The van der Waals surface area contributed by atoms with Crippen molar-refractivity contribution in [3.63, 3.8) is 0 Å². The number of hydrogen-bond donors (Lipinski definition) is 0. The van der Waals surface area contributed by atoms with Gasteiger partial charge >= 0.3 is 0 Å². The molecular formula is C17H15BrN2O. The molecule has 0 spiro atoms. The molecule has 0 aliphatic heterocycles. The van der Waals surface area contributed by atoms with E-state index in [0.717, 1.165) is 27.0 Å². The Balaban J connectivity index is 2.06. The van der Waals surface area contributed by atoms with E-state index in [1.54, 1.807) is 7.11 Å². The largest absolute Gasteiger partial charge is 0.362 e. The Morgan fingerprint density at radius 2 is 1.71 bits per heavy atom. The van der Waals surface area contributed by atoms with E-state index in [9.17, 15) is 0 Å². The lowest BCUT2D eigenvalue weighted by molar-refractivity contribution is 0.122. The van der Waals surface area contributed by atoms with Crippen molar-refractivity contribution in [1.82, 2.24) is 9.78 Å². The minimum absolute atomic E-state index is 0.429. The SMILES string of the molecule is COCn1nc(-c2ccccc2)cc1-c1ccc(Br)cc1. The third kappa shape index (κ3) is 3.06. The van der Waals surface area contributed by atoms with Crippen molar-refractivity contribution in [2.24, 2.45) is 0 Å². The van der Waals surface area contributed by atoms with Crippen LogP contribution in [0.15, 0.2) is 65.1 Å². The van der Waals surface area contributed by atoms with Gasteiger partial charge in [-0.05, 0) is 23.8 Å². The Morgan fingerprint density at radius 3 is 2.38 bits per heavy atom. The van der Waals surface area contributed by atoms with Gasteiger partial charge in [-0.1, -0.05) is 58.4 Å². The number of benzene rings is 2. The van der Waals surface area contributed by atoms with Crippen LogP contribution in [0, 0.1) is 0 Å². The fourth-order valence-corrected chi connectivity index (χ4v) is 2.50. The Labute approximate surface area is 132 Å². The zero-order chi connectivity index (χ0) is 14.7. The van der Waals surface area contributed by atoms with Crippen molar-refractivity contribution in [3.8, 4) is 22.5 Å². The highest BCUT2D eigenvalue weighted by Crippen LogP contribution is 2.27. The summed E-state index contributed by atoms with van der Waals surface area (Å²) in [7, 11) is 1.68. The Kier molecular flexibility index (Phi) is 4.18. The van der Waals surface area contributed by atoms with Gasteiger partial charge in [-0.25, -0.2) is 4.68 Å². The average Bonchev–Trinajstić information content (AvgIpc) is 2.93. The van der Waals surface area contributed by atoms with Gasteiger partial charge in [-0.15, -0.1) is 0 Å². The highest BCUT2D eigenvalue weighted by Gasteiger charge is 2.11. The summed E-state index contributed by atoms with van der Waals surface area (Å²) in [5.41, 5.74) is 4.21. The van der Waals surface area contributed by atoms with Gasteiger partial charge in [0.15, 0.2) is 0 Å². The fourth-order valence-electron chi connectivity index (χ4n) is 2.24. The summed E-state index contributed by atoms with van der Waals surface area (Å²) in [5.74, 6) is 0. The monoisotopic (exact) mass is 342 g/mol. The third-order valence-electron chi connectivity index (χ3n) is 3.24. The standard InChI is InChI=1S/C17H15BrN2O/c1-21-12-20-17(14-7-9-15(18)10-8-14)11-16(19-20)13-5-3-2-4-6-13/h2-11H,12H2,1H3. The van der Waals surface area contributed by atoms with Gasteiger partial charge in [0.25, 0.3) is 0 Å². The van der Waals surface area contributed by atoms with Gasteiger partial charge in [0.1, 0.15) is 6.73 Å². The second kappa shape index (κ2) is 6.24. The number of halogens is 1.